The number of carbonyl (C=O) groups is 1. The summed E-state index contributed by atoms with van der Waals surface area (Å²) in [6.07, 6.45) is -4.50. The van der Waals surface area contributed by atoms with E-state index in [0.717, 1.165) is 48.6 Å². The van der Waals surface area contributed by atoms with Crippen LogP contribution in [0.3, 0.4) is 0 Å². The highest BCUT2D eigenvalue weighted by molar-refractivity contribution is 5.92. The van der Waals surface area contributed by atoms with Crippen LogP contribution in [-0.2, 0) is 11.0 Å². The first-order chi connectivity index (χ1) is 13.4. The Kier molecular flexibility index (Phi) is 6.08. The molecule has 0 saturated carbocycles. The van der Waals surface area contributed by atoms with Crippen LogP contribution in [0.1, 0.15) is 5.56 Å². The summed E-state index contributed by atoms with van der Waals surface area (Å²) in [4.78, 5) is 15.5. The first-order valence-electron chi connectivity index (χ1n) is 9.05. The number of rotatable bonds is 5. The molecule has 0 atom stereocenters. The summed E-state index contributed by atoms with van der Waals surface area (Å²) in [6.45, 7) is 3.11. The first-order valence-corrected chi connectivity index (χ1v) is 9.05. The summed E-state index contributed by atoms with van der Waals surface area (Å²) in [5.74, 6) is 0.372. The van der Waals surface area contributed by atoms with E-state index in [0.29, 0.717) is 0 Å². The molecule has 2 N–H and O–H groups in total. The van der Waals surface area contributed by atoms with Crippen molar-refractivity contribution in [2.45, 2.75) is 6.18 Å². The van der Waals surface area contributed by atoms with Crippen LogP contribution in [0.4, 0.5) is 24.5 Å². The number of quaternary nitrogens is 1. The molecule has 28 heavy (non-hydrogen) atoms. The van der Waals surface area contributed by atoms with E-state index < -0.39 is 17.6 Å². The molecule has 1 fully saturated rings. The highest BCUT2D eigenvalue weighted by Crippen LogP contribution is 2.34. The number of methoxy groups -OCH3 is 1. The van der Waals surface area contributed by atoms with Crippen LogP contribution in [0.5, 0.6) is 5.75 Å². The fourth-order valence-electron chi connectivity index (χ4n) is 3.33. The molecule has 3 rings (SSSR count). The van der Waals surface area contributed by atoms with E-state index >= 15 is 0 Å². The van der Waals surface area contributed by atoms with Crippen molar-refractivity contribution in [2.24, 2.45) is 0 Å². The molecule has 0 aliphatic carbocycles. The van der Waals surface area contributed by atoms with Crippen LogP contribution in [0, 0.1) is 0 Å². The van der Waals surface area contributed by atoms with Crippen molar-refractivity contribution in [1.29, 1.82) is 0 Å². The van der Waals surface area contributed by atoms with Crippen LogP contribution in [0.15, 0.2) is 48.5 Å². The standard InChI is InChI=1S/C20H22F3N3O2/c1-28-16-6-4-5-15(13-16)26-11-9-25(10-12-26)14-19(27)24-18-8-3-2-7-17(18)20(21,22)23/h2-8,13H,9-12,14H2,1H3,(H,24,27)/p+1. The number of alkyl halides is 3. The molecular formula is C20H23F3N3O2+. The predicted octanol–water partition coefficient (Wildman–Crippen LogP) is 2.06. The minimum absolute atomic E-state index is 0.137. The van der Waals surface area contributed by atoms with Gasteiger partial charge in [-0.05, 0) is 24.3 Å². The molecule has 0 aromatic heterocycles. The molecular weight excluding hydrogens is 371 g/mol. The van der Waals surface area contributed by atoms with Crippen molar-refractivity contribution in [3.63, 3.8) is 0 Å². The summed E-state index contributed by atoms with van der Waals surface area (Å²) < 4.78 is 44.4. The average Bonchev–Trinajstić information content (AvgIpc) is 2.68. The number of ether oxygens (including phenoxy) is 1. The normalized spacial score (nSPS) is 15.4. The second-order valence-corrected chi connectivity index (χ2v) is 6.71. The van der Waals surface area contributed by atoms with Gasteiger partial charge in [0.05, 0.1) is 44.5 Å². The van der Waals surface area contributed by atoms with Gasteiger partial charge in [-0.1, -0.05) is 18.2 Å². The third kappa shape index (κ3) is 4.95. The zero-order chi connectivity index (χ0) is 20.1. The van der Waals surface area contributed by atoms with Crippen molar-refractivity contribution < 1.29 is 27.6 Å². The Balaban J connectivity index is 1.54. The van der Waals surface area contributed by atoms with E-state index in [1.54, 1.807) is 7.11 Å². The lowest BCUT2D eigenvalue weighted by molar-refractivity contribution is -0.892. The molecule has 1 amide bonds. The van der Waals surface area contributed by atoms with Crippen molar-refractivity contribution in [3.8, 4) is 5.75 Å². The lowest BCUT2D eigenvalue weighted by Gasteiger charge is -2.33. The molecule has 0 spiro atoms. The molecule has 2 aromatic rings. The van der Waals surface area contributed by atoms with Crippen molar-refractivity contribution in [1.82, 2.24) is 0 Å². The van der Waals surface area contributed by atoms with Crippen molar-refractivity contribution in [2.75, 3.05) is 50.1 Å². The smallest absolute Gasteiger partial charge is 0.418 e. The maximum Gasteiger partial charge on any atom is 0.418 e. The van der Waals surface area contributed by atoms with E-state index in [4.69, 9.17) is 4.74 Å². The van der Waals surface area contributed by atoms with Gasteiger partial charge in [-0.2, -0.15) is 13.2 Å². The number of hydrogen-bond acceptors (Lipinski definition) is 3. The predicted molar refractivity (Wildman–Crippen MR) is 101 cm³/mol. The molecule has 1 saturated heterocycles. The molecule has 0 unspecified atom stereocenters. The number of carbonyl (C=O) groups excluding carboxylic acids is 1. The molecule has 1 aliphatic heterocycles. The Morgan fingerprint density at radius 2 is 1.86 bits per heavy atom. The molecule has 1 heterocycles. The monoisotopic (exact) mass is 394 g/mol. The molecule has 150 valence electrons. The first kappa shape index (κ1) is 20.0. The van der Waals surface area contributed by atoms with Crippen molar-refractivity contribution >= 4 is 17.3 Å². The van der Waals surface area contributed by atoms with Gasteiger partial charge >= 0.3 is 6.18 Å². The zero-order valence-electron chi connectivity index (χ0n) is 15.6. The number of halogens is 3. The number of hydrogen-bond donors (Lipinski definition) is 2. The van der Waals surface area contributed by atoms with Gasteiger partial charge in [-0.3, -0.25) is 4.79 Å². The Morgan fingerprint density at radius 1 is 1.14 bits per heavy atom. The fourth-order valence-corrected chi connectivity index (χ4v) is 3.33. The van der Waals surface area contributed by atoms with Gasteiger partial charge in [0.15, 0.2) is 6.54 Å². The van der Waals surface area contributed by atoms with Gasteiger partial charge in [0.2, 0.25) is 0 Å². The lowest BCUT2D eigenvalue weighted by Crippen LogP contribution is -3.15. The molecule has 0 radical (unpaired) electrons. The van der Waals surface area contributed by atoms with Gasteiger partial charge in [0.25, 0.3) is 5.91 Å². The number of benzene rings is 2. The Bertz CT molecular complexity index is 818. The Labute approximate surface area is 161 Å². The second-order valence-electron chi connectivity index (χ2n) is 6.71. The maximum absolute atomic E-state index is 13.0. The van der Waals surface area contributed by atoms with E-state index in [-0.39, 0.29) is 12.2 Å². The van der Waals surface area contributed by atoms with Gasteiger partial charge in [-0.25, -0.2) is 0 Å². The van der Waals surface area contributed by atoms with Gasteiger partial charge in [0, 0.05) is 11.8 Å². The van der Waals surface area contributed by atoms with E-state index in [9.17, 15) is 18.0 Å². The number of anilines is 2. The third-order valence-corrected chi connectivity index (χ3v) is 4.81. The average molecular weight is 394 g/mol. The van der Waals surface area contributed by atoms with Crippen LogP contribution in [0.2, 0.25) is 0 Å². The number of para-hydroxylation sites is 1. The number of nitrogens with zero attached hydrogens (tertiary/aromatic N) is 1. The molecule has 0 bridgehead atoms. The van der Waals surface area contributed by atoms with Crippen LogP contribution < -0.4 is 19.9 Å². The van der Waals surface area contributed by atoms with Crippen LogP contribution in [0.25, 0.3) is 0 Å². The fraction of sp³-hybridized carbons (Fsp3) is 0.350. The van der Waals surface area contributed by atoms with Gasteiger partial charge < -0.3 is 19.9 Å². The SMILES string of the molecule is COc1cccc(N2CC[NH+](CC(=O)Nc3ccccc3C(F)(F)F)CC2)c1. The zero-order valence-corrected chi connectivity index (χ0v) is 15.6. The second kappa shape index (κ2) is 8.52. The van der Waals surface area contributed by atoms with Crippen molar-refractivity contribution in [3.05, 3.63) is 54.1 Å². The van der Waals surface area contributed by atoms with Crippen LogP contribution >= 0.6 is 0 Å². The molecule has 5 nitrogen and oxygen atoms in total. The van der Waals surface area contributed by atoms with E-state index in [1.807, 2.05) is 24.3 Å². The van der Waals surface area contributed by atoms with E-state index in [1.165, 1.54) is 18.2 Å². The largest absolute Gasteiger partial charge is 0.497 e. The molecule has 2 aromatic carbocycles. The number of nitrogens with one attached hydrogen (secondary N) is 2. The summed E-state index contributed by atoms with van der Waals surface area (Å²) in [6, 6.07) is 12.8. The molecule has 8 heteroatoms. The quantitative estimate of drug-likeness (QED) is 0.816. The van der Waals surface area contributed by atoms with Crippen LogP contribution in [-0.4, -0.2) is 45.7 Å². The lowest BCUT2D eigenvalue weighted by atomic mass is 10.1. The third-order valence-electron chi connectivity index (χ3n) is 4.81. The van der Waals surface area contributed by atoms with Gasteiger partial charge in [-0.15, -0.1) is 0 Å². The minimum atomic E-state index is -4.50. The Hall–Kier alpha value is -2.74. The highest BCUT2D eigenvalue weighted by Gasteiger charge is 2.34. The Morgan fingerprint density at radius 3 is 2.54 bits per heavy atom. The minimum Gasteiger partial charge on any atom is -0.497 e. The summed E-state index contributed by atoms with van der Waals surface area (Å²) >= 11 is 0. The van der Waals surface area contributed by atoms with E-state index in [2.05, 4.69) is 10.2 Å². The maximum atomic E-state index is 13.0. The van der Waals surface area contributed by atoms with Gasteiger partial charge in [0.1, 0.15) is 5.75 Å². The summed E-state index contributed by atoms with van der Waals surface area (Å²) in [5.41, 5.74) is 0.0255. The summed E-state index contributed by atoms with van der Waals surface area (Å²) in [7, 11) is 1.62. The molecule has 1 aliphatic rings. The number of amides is 1. The highest BCUT2D eigenvalue weighted by atomic mass is 19.4. The topological polar surface area (TPSA) is 46.0 Å². The summed E-state index contributed by atoms with van der Waals surface area (Å²) in [5, 5.41) is 2.41. The number of piperazine rings is 1.